The van der Waals surface area contributed by atoms with Gasteiger partial charge in [-0.15, -0.1) is 0 Å². The molecule has 0 unspecified atom stereocenters. The highest BCUT2D eigenvalue weighted by Crippen LogP contribution is 2.19. The number of hydrogen-bond donors (Lipinski definition) is 1. The number of nitrogens with zero attached hydrogens (tertiary/aromatic N) is 1. The second kappa shape index (κ2) is 6.44. The third kappa shape index (κ3) is 4.18. The van der Waals surface area contributed by atoms with E-state index in [1.807, 2.05) is 4.90 Å². The highest BCUT2D eigenvalue weighted by atomic mass is 32.2. The van der Waals surface area contributed by atoms with E-state index in [2.05, 4.69) is 0 Å². The van der Waals surface area contributed by atoms with Crippen molar-refractivity contribution in [1.82, 2.24) is 4.90 Å². The van der Waals surface area contributed by atoms with Crippen LogP contribution in [-0.2, 0) is 14.6 Å². The van der Waals surface area contributed by atoms with Crippen molar-refractivity contribution in [2.45, 2.75) is 23.8 Å². The fraction of sp³-hybridized carbons (Fsp3) is 0.500. The standard InChI is InChI=1S/C14H19NO5S/c1-21(18,19)12-5-2-4-11(10-12)20-9-8-15-7-3-6-13(15)14(16)17/h2,4-5,10,13H,3,6-9H2,1H3,(H,16,17)/t13-/m0/s1. The van der Waals surface area contributed by atoms with Crippen LogP contribution in [0.1, 0.15) is 12.8 Å². The van der Waals surface area contributed by atoms with Gasteiger partial charge in [0, 0.05) is 12.8 Å². The molecule has 116 valence electrons. The van der Waals surface area contributed by atoms with E-state index < -0.39 is 21.8 Å². The van der Waals surface area contributed by atoms with Crippen LogP contribution in [0, 0.1) is 0 Å². The summed E-state index contributed by atoms with van der Waals surface area (Å²) in [6.45, 7) is 1.60. The number of hydrogen-bond acceptors (Lipinski definition) is 5. The van der Waals surface area contributed by atoms with Crippen molar-refractivity contribution < 1.29 is 23.1 Å². The fourth-order valence-electron chi connectivity index (χ4n) is 2.45. The normalized spacial score (nSPS) is 19.6. The Hall–Kier alpha value is -1.60. The van der Waals surface area contributed by atoms with Crippen molar-refractivity contribution in [3.05, 3.63) is 24.3 Å². The second-order valence-electron chi connectivity index (χ2n) is 5.13. The van der Waals surface area contributed by atoms with Crippen molar-refractivity contribution in [1.29, 1.82) is 0 Å². The Balaban J connectivity index is 1.91. The van der Waals surface area contributed by atoms with Crippen LogP contribution in [0.3, 0.4) is 0 Å². The Morgan fingerprint density at radius 3 is 2.90 bits per heavy atom. The number of benzene rings is 1. The van der Waals surface area contributed by atoms with Gasteiger partial charge in [-0.05, 0) is 37.6 Å². The van der Waals surface area contributed by atoms with Gasteiger partial charge in [-0.3, -0.25) is 9.69 Å². The molecule has 21 heavy (non-hydrogen) atoms. The molecule has 1 N–H and O–H groups in total. The summed E-state index contributed by atoms with van der Waals surface area (Å²) in [5.41, 5.74) is 0. The molecule has 1 aliphatic heterocycles. The third-order valence-electron chi connectivity index (χ3n) is 3.53. The van der Waals surface area contributed by atoms with E-state index in [1.54, 1.807) is 12.1 Å². The number of aliphatic carboxylic acids is 1. The number of sulfone groups is 1. The lowest BCUT2D eigenvalue weighted by molar-refractivity contribution is -0.142. The topological polar surface area (TPSA) is 83.9 Å². The predicted octanol–water partition coefficient (Wildman–Crippen LogP) is 1.02. The first-order chi connectivity index (χ1) is 9.88. The SMILES string of the molecule is CS(=O)(=O)c1cccc(OCCN2CCC[C@H]2C(=O)O)c1. The molecule has 1 atom stereocenters. The smallest absolute Gasteiger partial charge is 0.320 e. The molecule has 0 aliphatic carbocycles. The summed E-state index contributed by atoms with van der Waals surface area (Å²) in [6, 6.07) is 5.88. The van der Waals surface area contributed by atoms with Crippen molar-refractivity contribution in [2.75, 3.05) is 26.0 Å². The third-order valence-corrected chi connectivity index (χ3v) is 4.64. The van der Waals surface area contributed by atoms with Gasteiger partial charge >= 0.3 is 5.97 Å². The lowest BCUT2D eigenvalue weighted by atomic mass is 10.2. The van der Waals surface area contributed by atoms with E-state index >= 15 is 0 Å². The van der Waals surface area contributed by atoms with Crippen LogP contribution in [0.15, 0.2) is 29.2 Å². The average molecular weight is 313 g/mol. The molecule has 7 heteroatoms. The van der Waals surface area contributed by atoms with Gasteiger partial charge in [-0.25, -0.2) is 8.42 Å². The quantitative estimate of drug-likeness (QED) is 0.844. The zero-order chi connectivity index (χ0) is 15.5. The van der Waals surface area contributed by atoms with Crippen LogP contribution in [-0.4, -0.2) is 56.4 Å². The maximum absolute atomic E-state index is 11.5. The van der Waals surface area contributed by atoms with Gasteiger partial charge in [0.15, 0.2) is 9.84 Å². The number of ether oxygens (including phenoxy) is 1. The summed E-state index contributed by atoms with van der Waals surface area (Å²) in [5, 5.41) is 9.08. The van der Waals surface area contributed by atoms with E-state index in [1.165, 1.54) is 12.1 Å². The minimum Gasteiger partial charge on any atom is -0.492 e. The summed E-state index contributed by atoms with van der Waals surface area (Å²) in [7, 11) is -3.25. The van der Waals surface area contributed by atoms with Gasteiger partial charge in [0.2, 0.25) is 0 Å². The van der Waals surface area contributed by atoms with Crippen LogP contribution >= 0.6 is 0 Å². The summed E-state index contributed by atoms with van der Waals surface area (Å²) < 4.78 is 28.4. The number of carboxylic acids is 1. The fourth-order valence-corrected chi connectivity index (χ4v) is 3.10. The molecule has 0 bridgehead atoms. The Labute approximate surface area is 124 Å². The van der Waals surface area contributed by atoms with Crippen LogP contribution < -0.4 is 4.74 Å². The molecule has 0 amide bonds. The molecular formula is C14H19NO5S. The highest BCUT2D eigenvalue weighted by Gasteiger charge is 2.29. The molecule has 0 radical (unpaired) electrons. The zero-order valence-corrected chi connectivity index (χ0v) is 12.7. The molecule has 1 heterocycles. The molecule has 0 aromatic heterocycles. The van der Waals surface area contributed by atoms with Gasteiger partial charge in [-0.2, -0.15) is 0 Å². The van der Waals surface area contributed by atoms with Gasteiger partial charge in [0.05, 0.1) is 4.90 Å². The maximum atomic E-state index is 11.5. The highest BCUT2D eigenvalue weighted by molar-refractivity contribution is 7.90. The Morgan fingerprint density at radius 2 is 2.24 bits per heavy atom. The van der Waals surface area contributed by atoms with Gasteiger partial charge < -0.3 is 9.84 Å². The molecule has 1 aromatic rings. The Bertz CT molecular complexity index is 614. The monoisotopic (exact) mass is 313 g/mol. The minimum absolute atomic E-state index is 0.213. The molecular weight excluding hydrogens is 294 g/mol. The molecule has 6 nitrogen and oxygen atoms in total. The molecule has 0 saturated carbocycles. The van der Waals surface area contributed by atoms with Crippen LogP contribution in [0.5, 0.6) is 5.75 Å². The van der Waals surface area contributed by atoms with E-state index in [0.29, 0.717) is 25.3 Å². The molecule has 2 rings (SSSR count). The minimum atomic E-state index is -3.25. The van der Waals surface area contributed by atoms with Crippen molar-refractivity contribution in [3.63, 3.8) is 0 Å². The first-order valence-corrected chi connectivity index (χ1v) is 8.67. The van der Waals surface area contributed by atoms with Crippen molar-refractivity contribution >= 4 is 15.8 Å². The second-order valence-corrected chi connectivity index (χ2v) is 7.14. The maximum Gasteiger partial charge on any atom is 0.320 e. The molecule has 1 aliphatic rings. The van der Waals surface area contributed by atoms with Crippen LogP contribution in [0.2, 0.25) is 0 Å². The number of carbonyl (C=O) groups is 1. The van der Waals surface area contributed by atoms with E-state index in [9.17, 15) is 13.2 Å². The first kappa shape index (κ1) is 15.8. The summed E-state index contributed by atoms with van der Waals surface area (Å²) in [4.78, 5) is 13.1. The molecule has 1 saturated heterocycles. The van der Waals surface area contributed by atoms with Gasteiger partial charge in [0.1, 0.15) is 18.4 Å². The Morgan fingerprint density at radius 1 is 1.48 bits per heavy atom. The lowest BCUT2D eigenvalue weighted by Crippen LogP contribution is -2.38. The van der Waals surface area contributed by atoms with E-state index in [-0.39, 0.29) is 4.90 Å². The van der Waals surface area contributed by atoms with Crippen molar-refractivity contribution in [2.24, 2.45) is 0 Å². The summed E-state index contributed by atoms with van der Waals surface area (Å²) in [6.07, 6.45) is 2.69. The van der Waals surface area contributed by atoms with Crippen LogP contribution in [0.4, 0.5) is 0 Å². The Kier molecular flexibility index (Phi) is 4.84. The lowest BCUT2D eigenvalue weighted by Gasteiger charge is -2.20. The van der Waals surface area contributed by atoms with Gasteiger partial charge in [0.25, 0.3) is 0 Å². The molecule has 1 aromatic carbocycles. The van der Waals surface area contributed by atoms with Gasteiger partial charge in [-0.1, -0.05) is 6.07 Å². The predicted molar refractivity (Wildman–Crippen MR) is 77.3 cm³/mol. The molecule has 1 fully saturated rings. The molecule has 0 spiro atoms. The number of carboxylic acid groups (broad SMARTS) is 1. The van der Waals surface area contributed by atoms with Crippen molar-refractivity contribution in [3.8, 4) is 5.75 Å². The first-order valence-electron chi connectivity index (χ1n) is 6.78. The zero-order valence-electron chi connectivity index (χ0n) is 11.9. The largest absolute Gasteiger partial charge is 0.492 e. The average Bonchev–Trinajstić information content (AvgIpc) is 2.87. The number of rotatable bonds is 6. The van der Waals surface area contributed by atoms with E-state index in [0.717, 1.165) is 19.2 Å². The summed E-state index contributed by atoms with van der Waals surface area (Å²) >= 11 is 0. The number of likely N-dealkylation sites (tertiary alicyclic amines) is 1. The summed E-state index contributed by atoms with van der Waals surface area (Å²) in [5.74, 6) is -0.324. The van der Waals surface area contributed by atoms with Crippen LogP contribution in [0.25, 0.3) is 0 Å². The van der Waals surface area contributed by atoms with E-state index in [4.69, 9.17) is 9.84 Å².